The molecule has 152 valence electrons. The highest BCUT2D eigenvalue weighted by Gasteiger charge is 2.26. The number of rotatable bonds is 5. The first-order chi connectivity index (χ1) is 14.3. The van der Waals surface area contributed by atoms with Gasteiger partial charge in [0, 0.05) is 61.9 Å². The minimum Gasteiger partial charge on any atom is -0.385 e. The van der Waals surface area contributed by atoms with Gasteiger partial charge in [0.05, 0.1) is 0 Å². The van der Waals surface area contributed by atoms with E-state index in [1.54, 1.807) is 0 Å². The average molecular weight is 391 g/mol. The summed E-state index contributed by atoms with van der Waals surface area (Å²) in [5.41, 5.74) is 5.09. The molecule has 1 saturated heterocycles. The molecular formula is C24H30N4O. The Bertz CT molecular complexity index is 884. The first kappa shape index (κ1) is 18.5. The van der Waals surface area contributed by atoms with E-state index in [1.165, 1.54) is 25.1 Å². The average Bonchev–Trinajstić information content (AvgIpc) is 3.58. The van der Waals surface area contributed by atoms with E-state index in [2.05, 4.69) is 38.6 Å². The Morgan fingerprint density at radius 1 is 1.07 bits per heavy atom. The molecule has 5 rings (SSSR count). The number of piperazine rings is 1. The fourth-order valence-corrected chi connectivity index (χ4v) is 4.56. The van der Waals surface area contributed by atoms with Gasteiger partial charge in [-0.2, -0.15) is 0 Å². The zero-order valence-electron chi connectivity index (χ0n) is 17.0. The molecule has 2 aliphatic heterocycles. The smallest absolute Gasteiger partial charge is 0.256 e. The molecule has 0 aromatic heterocycles. The van der Waals surface area contributed by atoms with Gasteiger partial charge in [0.1, 0.15) is 0 Å². The molecule has 0 radical (unpaired) electrons. The van der Waals surface area contributed by atoms with Crippen molar-refractivity contribution in [2.75, 3.05) is 54.8 Å². The Morgan fingerprint density at radius 2 is 1.90 bits per heavy atom. The zero-order chi connectivity index (χ0) is 19.6. The van der Waals surface area contributed by atoms with Crippen LogP contribution in [-0.2, 0) is 6.42 Å². The Hall–Kier alpha value is -2.53. The first-order valence-corrected chi connectivity index (χ1v) is 11.0. The van der Waals surface area contributed by atoms with Crippen molar-refractivity contribution in [3.8, 4) is 0 Å². The summed E-state index contributed by atoms with van der Waals surface area (Å²) in [7, 11) is 0. The number of anilines is 3. The topological polar surface area (TPSA) is 47.6 Å². The summed E-state index contributed by atoms with van der Waals surface area (Å²) in [5, 5.41) is 6.53. The number of fused-ring (bicyclic) bond motifs is 1. The van der Waals surface area contributed by atoms with E-state index in [4.69, 9.17) is 0 Å². The predicted octanol–water partition coefficient (Wildman–Crippen LogP) is 3.83. The number of amides is 1. The minimum absolute atomic E-state index is 0.0167. The largest absolute Gasteiger partial charge is 0.385 e. The van der Waals surface area contributed by atoms with Gasteiger partial charge >= 0.3 is 0 Å². The van der Waals surface area contributed by atoms with E-state index in [0.29, 0.717) is 0 Å². The molecule has 2 aromatic rings. The molecule has 0 unspecified atom stereocenters. The number of nitrogens with one attached hydrogen (secondary N) is 2. The predicted molar refractivity (Wildman–Crippen MR) is 119 cm³/mol. The molecule has 1 aliphatic carbocycles. The molecule has 1 amide bonds. The lowest BCUT2D eigenvalue weighted by molar-refractivity contribution is 0.102. The maximum absolute atomic E-state index is 13.0. The second-order valence-corrected chi connectivity index (χ2v) is 8.60. The molecule has 0 bridgehead atoms. The van der Waals surface area contributed by atoms with E-state index in [9.17, 15) is 4.79 Å². The van der Waals surface area contributed by atoms with Crippen molar-refractivity contribution >= 4 is 23.0 Å². The summed E-state index contributed by atoms with van der Waals surface area (Å²) in [6.45, 7) is 6.64. The minimum atomic E-state index is -0.0167. The molecule has 3 aliphatic rings. The zero-order valence-corrected chi connectivity index (χ0v) is 17.0. The maximum Gasteiger partial charge on any atom is 0.256 e. The molecule has 5 nitrogen and oxygen atoms in total. The summed E-state index contributed by atoms with van der Waals surface area (Å²) in [6, 6.07) is 14.3. The molecule has 0 atom stereocenters. The quantitative estimate of drug-likeness (QED) is 0.815. The van der Waals surface area contributed by atoms with Crippen molar-refractivity contribution < 1.29 is 4.79 Å². The normalized spacial score (nSPS) is 19.4. The van der Waals surface area contributed by atoms with Crippen LogP contribution in [0.4, 0.5) is 17.1 Å². The third-order valence-corrected chi connectivity index (χ3v) is 6.39. The van der Waals surface area contributed by atoms with Gasteiger partial charge in [-0.25, -0.2) is 0 Å². The molecule has 5 heteroatoms. The highest BCUT2D eigenvalue weighted by molar-refractivity contribution is 6.06. The number of carbonyl (C=O) groups is 1. The molecule has 2 fully saturated rings. The van der Waals surface area contributed by atoms with Crippen LogP contribution >= 0.6 is 0 Å². The Morgan fingerprint density at radius 3 is 2.72 bits per heavy atom. The van der Waals surface area contributed by atoms with Crippen molar-refractivity contribution in [1.29, 1.82) is 0 Å². The van der Waals surface area contributed by atoms with Crippen molar-refractivity contribution in [3.63, 3.8) is 0 Å². The molecule has 1 saturated carbocycles. The number of carbonyl (C=O) groups excluding carboxylic acids is 1. The number of hydrogen-bond donors (Lipinski definition) is 2. The molecule has 29 heavy (non-hydrogen) atoms. The van der Waals surface area contributed by atoms with Gasteiger partial charge in [-0.15, -0.1) is 0 Å². The summed E-state index contributed by atoms with van der Waals surface area (Å²) in [5.74, 6) is 0.941. The van der Waals surface area contributed by atoms with Gasteiger partial charge < -0.3 is 15.5 Å². The van der Waals surface area contributed by atoms with Crippen LogP contribution in [0.25, 0.3) is 0 Å². The fraction of sp³-hybridized carbons (Fsp3) is 0.458. The van der Waals surface area contributed by atoms with Crippen LogP contribution in [0.3, 0.4) is 0 Å². The maximum atomic E-state index is 13.0. The summed E-state index contributed by atoms with van der Waals surface area (Å²) in [4.78, 5) is 18.0. The Balaban J connectivity index is 1.25. The van der Waals surface area contributed by atoms with Gasteiger partial charge in [0.15, 0.2) is 0 Å². The van der Waals surface area contributed by atoms with Crippen molar-refractivity contribution in [3.05, 3.63) is 53.6 Å². The molecule has 2 N–H and O–H groups in total. The van der Waals surface area contributed by atoms with Gasteiger partial charge in [-0.1, -0.05) is 12.1 Å². The summed E-state index contributed by atoms with van der Waals surface area (Å²) >= 11 is 0. The molecule has 0 spiro atoms. The Labute approximate surface area is 173 Å². The lowest BCUT2D eigenvalue weighted by Crippen LogP contribution is -2.47. The second kappa shape index (κ2) is 8.07. The number of hydrogen-bond acceptors (Lipinski definition) is 4. The standard InChI is InChI=1S/C24H30N4O/c29-24(22-6-2-8-23-21(22)7-3-11-25-23)26-19-4-1-5-20(16-19)28-14-12-27(13-15-28)17-18-9-10-18/h1-2,4-6,8,16,18,25H,3,7,9-15,17H2,(H,26,29). The summed E-state index contributed by atoms with van der Waals surface area (Å²) in [6.07, 6.45) is 4.86. The summed E-state index contributed by atoms with van der Waals surface area (Å²) < 4.78 is 0. The molecular weight excluding hydrogens is 360 g/mol. The highest BCUT2D eigenvalue weighted by Crippen LogP contribution is 2.30. The number of benzene rings is 2. The van der Waals surface area contributed by atoms with Gasteiger partial charge in [-0.3, -0.25) is 9.69 Å². The number of nitrogens with zero attached hydrogens (tertiary/aromatic N) is 2. The van der Waals surface area contributed by atoms with Crippen molar-refractivity contribution in [1.82, 2.24) is 4.90 Å². The third-order valence-electron chi connectivity index (χ3n) is 6.39. The van der Waals surface area contributed by atoms with Crippen LogP contribution in [0.5, 0.6) is 0 Å². The van der Waals surface area contributed by atoms with Gasteiger partial charge in [0.2, 0.25) is 0 Å². The Kier molecular flexibility index (Phi) is 5.15. The van der Waals surface area contributed by atoms with Crippen molar-refractivity contribution in [2.45, 2.75) is 25.7 Å². The van der Waals surface area contributed by atoms with E-state index in [-0.39, 0.29) is 5.91 Å². The lowest BCUT2D eigenvalue weighted by atomic mass is 9.97. The van der Waals surface area contributed by atoms with Crippen LogP contribution in [0, 0.1) is 5.92 Å². The second-order valence-electron chi connectivity index (χ2n) is 8.60. The monoisotopic (exact) mass is 390 g/mol. The van der Waals surface area contributed by atoms with Crippen LogP contribution in [0.2, 0.25) is 0 Å². The lowest BCUT2D eigenvalue weighted by Gasteiger charge is -2.36. The van der Waals surface area contributed by atoms with Gasteiger partial charge in [0.25, 0.3) is 5.91 Å². The van der Waals surface area contributed by atoms with E-state index in [0.717, 1.165) is 74.0 Å². The SMILES string of the molecule is O=C(Nc1cccc(N2CCN(CC3CC3)CC2)c1)c1cccc2c1CCCN2. The van der Waals surface area contributed by atoms with Crippen LogP contribution in [-0.4, -0.2) is 50.1 Å². The van der Waals surface area contributed by atoms with E-state index < -0.39 is 0 Å². The van der Waals surface area contributed by atoms with Crippen LogP contribution in [0.1, 0.15) is 35.2 Å². The van der Waals surface area contributed by atoms with Gasteiger partial charge in [-0.05, 0) is 67.5 Å². The molecule has 2 aromatic carbocycles. The van der Waals surface area contributed by atoms with E-state index >= 15 is 0 Å². The fourth-order valence-electron chi connectivity index (χ4n) is 4.56. The third kappa shape index (κ3) is 4.25. The van der Waals surface area contributed by atoms with E-state index in [1.807, 2.05) is 24.3 Å². The van der Waals surface area contributed by atoms with Crippen LogP contribution < -0.4 is 15.5 Å². The van der Waals surface area contributed by atoms with Crippen LogP contribution in [0.15, 0.2) is 42.5 Å². The molecule has 2 heterocycles. The highest BCUT2D eigenvalue weighted by atomic mass is 16.1. The van der Waals surface area contributed by atoms with Crippen molar-refractivity contribution in [2.24, 2.45) is 5.92 Å². The first-order valence-electron chi connectivity index (χ1n) is 11.0.